The Labute approximate surface area is 166 Å². The van der Waals surface area contributed by atoms with E-state index in [1.807, 2.05) is 24.3 Å². The van der Waals surface area contributed by atoms with Crippen molar-refractivity contribution in [3.63, 3.8) is 0 Å². The van der Waals surface area contributed by atoms with Gasteiger partial charge in [-0.25, -0.2) is 0 Å². The van der Waals surface area contributed by atoms with Crippen molar-refractivity contribution in [2.24, 2.45) is 0 Å². The zero-order chi connectivity index (χ0) is 19.4. The summed E-state index contributed by atoms with van der Waals surface area (Å²) in [6, 6.07) is 7.66. The zero-order valence-electron chi connectivity index (χ0n) is 17.8. The molecule has 0 amide bonds. The van der Waals surface area contributed by atoms with Gasteiger partial charge in [0.05, 0.1) is 0 Å². The number of carbonyl (C=O) groups excluding carboxylic acids is 1. The molecule has 1 aromatic carbocycles. The maximum atomic E-state index is 12.9. The zero-order valence-corrected chi connectivity index (χ0v) is 21.7. The molecule has 26 heavy (non-hydrogen) atoms. The van der Waals surface area contributed by atoms with E-state index < -0.39 is 21.2 Å². The monoisotopic (exact) mass is 556 g/mol. The van der Waals surface area contributed by atoms with E-state index in [1.165, 1.54) is 50.5 Å². The molecule has 0 N–H and O–H groups in total. The number of rotatable bonds is 14. The molecule has 0 bridgehead atoms. The third kappa shape index (κ3) is 7.32. The summed E-state index contributed by atoms with van der Waals surface area (Å²) in [6.07, 6.45) is 8.74. The first-order chi connectivity index (χ1) is 12.5. The summed E-state index contributed by atoms with van der Waals surface area (Å²) in [5, 5.41) is 0. The normalized spacial score (nSPS) is 12.8. The molecule has 0 fully saturated rings. The summed E-state index contributed by atoms with van der Waals surface area (Å²) in [5.74, 6) is 1.15. The number of ether oxygens (including phenoxy) is 1. The van der Waals surface area contributed by atoms with Gasteiger partial charge in [-0.3, -0.25) is 0 Å². The first kappa shape index (κ1) is 23.7. The molecule has 0 radical (unpaired) electrons. The van der Waals surface area contributed by atoms with Crippen LogP contribution in [-0.4, -0.2) is 34.1 Å². The van der Waals surface area contributed by atoms with Crippen molar-refractivity contribution in [2.45, 2.75) is 88.1 Å². The molecular formula is C23H40O2Pb. The van der Waals surface area contributed by atoms with Crippen LogP contribution in [0.4, 0.5) is 0 Å². The molecule has 0 aliphatic heterocycles. The van der Waals surface area contributed by atoms with E-state index in [9.17, 15) is 4.79 Å². The second kappa shape index (κ2) is 12.9. The van der Waals surface area contributed by atoms with Gasteiger partial charge in [0, 0.05) is 0 Å². The van der Waals surface area contributed by atoms with Gasteiger partial charge in [-0.15, -0.1) is 0 Å². The Morgan fingerprint density at radius 3 is 1.77 bits per heavy atom. The van der Waals surface area contributed by atoms with Crippen LogP contribution in [0.5, 0.6) is 5.75 Å². The number of hydrogen-bond acceptors (Lipinski definition) is 2. The van der Waals surface area contributed by atoms with Crippen molar-refractivity contribution in [3.05, 3.63) is 29.8 Å². The van der Waals surface area contributed by atoms with Crippen molar-refractivity contribution in [3.8, 4) is 5.75 Å². The first-order valence-electron chi connectivity index (χ1n) is 10.7. The fourth-order valence-electron chi connectivity index (χ4n) is 4.09. The molecule has 0 aliphatic rings. The van der Waals surface area contributed by atoms with Crippen LogP contribution >= 0.6 is 0 Å². The number of carbonyl (C=O) groups is 1. The molecule has 0 aliphatic carbocycles. The van der Waals surface area contributed by atoms with E-state index in [4.69, 9.17) is 4.74 Å². The predicted molar refractivity (Wildman–Crippen MR) is 116 cm³/mol. The number of hydrogen-bond donors (Lipinski definition) is 0. The van der Waals surface area contributed by atoms with Gasteiger partial charge >= 0.3 is 167 Å². The SMILES string of the molecule is CCC[CH2][Pb]([CH2]CCC)([CH2]CCC)[CH](C)CC(=O)c1ccc(OC)cc1. The number of unbranched alkanes of at least 4 members (excludes halogenated alkanes) is 3. The molecule has 1 rings (SSSR count). The van der Waals surface area contributed by atoms with Gasteiger partial charge in [-0.1, -0.05) is 0 Å². The minimum atomic E-state index is -2.47. The van der Waals surface area contributed by atoms with Crippen molar-refractivity contribution in [2.75, 3.05) is 7.11 Å². The van der Waals surface area contributed by atoms with Crippen LogP contribution in [0.15, 0.2) is 24.3 Å². The standard InChI is InChI=1S/C11H13O2.3C4H9.Pb/c1-3-4-11(12)9-5-7-10(13-2)8-6-9;3*1-3-4-2;/h3,5-8H,4H2,1-2H3;3*1,3-4H2,2H3;. The molecule has 2 nitrogen and oxygen atoms in total. The first-order valence-corrected chi connectivity index (χ1v) is 21.2. The van der Waals surface area contributed by atoms with Crippen LogP contribution < -0.4 is 4.74 Å². The Balaban J connectivity index is 2.92. The molecule has 0 spiro atoms. The minimum absolute atomic E-state index is 0.328. The molecule has 3 heteroatoms. The quantitative estimate of drug-likeness (QED) is 0.175. The van der Waals surface area contributed by atoms with Crippen molar-refractivity contribution < 1.29 is 9.53 Å². The number of ketones is 1. The van der Waals surface area contributed by atoms with Crippen LogP contribution in [-0.2, 0) is 0 Å². The average molecular weight is 556 g/mol. The van der Waals surface area contributed by atoms with E-state index in [-0.39, 0.29) is 0 Å². The molecule has 1 atom stereocenters. The van der Waals surface area contributed by atoms with E-state index in [2.05, 4.69) is 27.7 Å². The molecule has 0 saturated heterocycles. The summed E-state index contributed by atoms with van der Waals surface area (Å²) < 4.78 is 10.3. The fourth-order valence-corrected chi connectivity index (χ4v) is 27.5. The molecule has 1 aromatic rings. The van der Waals surface area contributed by atoms with Gasteiger partial charge < -0.3 is 0 Å². The number of benzene rings is 1. The van der Waals surface area contributed by atoms with Gasteiger partial charge in [0.15, 0.2) is 0 Å². The second-order valence-electron chi connectivity index (χ2n) is 7.93. The van der Waals surface area contributed by atoms with Crippen LogP contribution in [0.2, 0.25) is 15.4 Å². The average Bonchev–Trinajstić information content (AvgIpc) is 2.67. The van der Waals surface area contributed by atoms with Gasteiger partial charge in [-0.05, 0) is 0 Å². The van der Waals surface area contributed by atoms with Gasteiger partial charge in [0.25, 0.3) is 0 Å². The number of Topliss-reactive ketones (excluding diaryl/α,β-unsaturated/α-hetero) is 1. The fraction of sp³-hybridized carbons (Fsp3) is 0.696. The van der Waals surface area contributed by atoms with E-state index >= 15 is 0 Å². The van der Waals surface area contributed by atoms with Crippen LogP contribution in [0.25, 0.3) is 0 Å². The molecule has 0 saturated carbocycles. The molecule has 1 unspecified atom stereocenters. The van der Waals surface area contributed by atoms with Gasteiger partial charge in [-0.2, -0.15) is 0 Å². The molecule has 0 heterocycles. The van der Waals surface area contributed by atoms with Crippen LogP contribution in [0.1, 0.15) is 83.0 Å². The van der Waals surface area contributed by atoms with Crippen LogP contribution in [0.3, 0.4) is 0 Å². The Morgan fingerprint density at radius 2 is 1.38 bits per heavy atom. The third-order valence-electron chi connectivity index (χ3n) is 6.03. The van der Waals surface area contributed by atoms with Gasteiger partial charge in [0.2, 0.25) is 0 Å². The summed E-state index contributed by atoms with van der Waals surface area (Å²) >= 11 is -2.47. The van der Waals surface area contributed by atoms with E-state index in [1.54, 1.807) is 7.11 Å². The van der Waals surface area contributed by atoms with Crippen molar-refractivity contribution in [1.82, 2.24) is 0 Å². The van der Waals surface area contributed by atoms with E-state index in [0.717, 1.165) is 17.7 Å². The summed E-state index contributed by atoms with van der Waals surface area (Å²) in [5.41, 5.74) is 0.849. The maximum absolute atomic E-state index is 12.9. The Kier molecular flexibility index (Phi) is 11.7. The summed E-state index contributed by atoms with van der Waals surface area (Å²) in [7, 11) is 1.66. The Hall–Kier alpha value is -0.388. The van der Waals surface area contributed by atoms with Crippen molar-refractivity contribution >= 4 is 27.0 Å². The Morgan fingerprint density at radius 1 is 0.923 bits per heavy atom. The molecular weight excluding hydrogens is 515 g/mol. The molecule has 0 aromatic heterocycles. The predicted octanol–water partition coefficient (Wildman–Crippen LogP) is 7.51. The topological polar surface area (TPSA) is 26.3 Å². The summed E-state index contributed by atoms with van der Waals surface area (Å²) in [6.45, 7) is 9.35. The molecule has 148 valence electrons. The van der Waals surface area contributed by atoms with E-state index in [0.29, 0.717) is 9.26 Å². The third-order valence-corrected chi connectivity index (χ3v) is 30.7. The number of methoxy groups -OCH3 is 1. The van der Waals surface area contributed by atoms with Gasteiger partial charge in [0.1, 0.15) is 0 Å². The summed E-state index contributed by atoms with van der Waals surface area (Å²) in [4.78, 5) is 12.9. The second-order valence-corrected chi connectivity index (χ2v) is 28.2. The van der Waals surface area contributed by atoms with Crippen LogP contribution in [0, 0.1) is 0 Å². The van der Waals surface area contributed by atoms with Crippen molar-refractivity contribution in [1.29, 1.82) is 0 Å². The Bertz CT molecular complexity index is 488.